The van der Waals surface area contributed by atoms with Gasteiger partial charge in [-0.15, -0.1) is 6.58 Å². The van der Waals surface area contributed by atoms with E-state index in [9.17, 15) is 4.39 Å². The molecule has 1 aliphatic rings. The maximum atomic E-state index is 14.2. The molecule has 0 N–H and O–H groups in total. The third-order valence-electron chi connectivity index (χ3n) is 6.39. The van der Waals surface area contributed by atoms with Crippen molar-refractivity contribution in [3.8, 4) is 22.3 Å². The monoisotopic (exact) mass is 400 g/mol. The van der Waals surface area contributed by atoms with Gasteiger partial charge in [0.2, 0.25) is 0 Å². The third kappa shape index (κ3) is 4.55. The van der Waals surface area contributed by atoms with Crippen LogP contribution in [0, 0.1) is 11.7 Å². The Kier molecular flexibility index (Phi) is 6.44. The highest BCUT2D eigenvalue weighted by molar-refractivity contribution is 5.70. The number of hydrogen-bond donors (Lipinski definition) is 0. The Morgan fingerprint density at radius 2 is 1.37 bits per heavy atom. The summed E-state index contributed by atoms with van der Waals surface area (Å²) in [6, 6.07) is 22.7. The average molecular weight is 401 g/mol. The lowest BCUT2D eigenvalue weighted by molar-refractivity contribution is 0.181. The molecular weight excluding hydrogens is 371 g/mol. The topological polar surface area (TPSA) is 9.23 Å². The smallest absolute Gasteiger partial charge is 0.129 e. The SMILES string of the molecule is C=CC1CCC(c2ccc(-c3ccc(-c4ccc(COC)c(F)c4)cc3)cc2)CC1. The van der Waals surface area contributed by atoms with E-state index < -0.39 is 0 Å². The first-order chi connectivity index (χ1) is 14.7. The van der Waals surface area contributed by atoms with Gasteiger partial charge in [0.05, 0.1) is 6.61 Å². The molecule has 1 fully saturated rings. The molecule has 1 aliphatic carbocycles. The molecule has 3 aromatic carbocycles. The maximum absolute atomic E-state index is 14.2. The minimum Gasteiger partial charge on any atom is -0.380 e. The molecule has 0 unspecified atom stereocenters. The number of halogens is 1. The van der Waals surface area contributed by atoms with Crippen LogP contribution in [0.15, 0.2) is 79.4 Å². The molecule has 0 saturated heterocycles. The summed E-state index contributed by atoms with van der Waals surface area (Å²) in [5.74, 6) is 1.15. The van der Waals surface area contributed by atoms with Gasteiger partial charge in [0.25, 0.3) is 0 Å². The summed E-state index contributed by atoms with van der Waals surface area (Å²) >= 11 is 0. The first-order valence-corrected chi connectivity index (χ1v) is 10.8. The molecule has 3 aromatic rings. The van der Waals surface area contributed by atoms with Crippen molar-refractivity contribution in [3.05, 3.63) is 96.3 Å². The Hall–Kier alpha value is -2.71. The molecule has 2 heteroatoms. The van der Waals surface area contributed by atoms with E-state index in [1.165, 1.54) is 42.4 Å². The fraction of sp³-hybridized carbons (Fsp3) is 0.286. The molecule has 4 rings (SSSR count). The highest BCUT2D eigenvalue weighted by Crippen LogP contribution is 2.37. The van der Waals surface area contributed by atoms with Gasteiger partial charge in [-0.25, -0.2) is 4.39 Å². The normalized spacial score (nSPS) is 18.9. The van der Waals surface area contributed by atoms with Crippen LogP contribution in [-0.2, 0) is 11.3 Å². The average Bonchev–Trinajstić information content (AvgIpc) is 2.81. The number of allylic oxidation sites excluding steroid dienone is 1. The summed E-state index contributed by atoms with van der Waals surface area (Å²) in [4.78, 5) is 0. The van der Waals surface area contributed by atoms with Crippen molar-refractivity contribution in [1.29, 1.82) is 0 Å². The molecule has 0 radical (unpaired) electrons. The van der Waals surface area contributed by atoms with Crippen LogP contribution in [0.1, 0.15) is 42.7 Å². The van der Waals surface area contributed by atoms with E-state index in [4.69, 9.17) is 4.74 Å². The summed E-state index contributed by atoms with van der Waals surface area (Å²) in [5.41, 5.74) is 6.31. The number of hydrogen-bond acceptors (Lipinski definition) is 1. The van der Waals surface area contributed by atoms with E-state index in [1.807, 2.05) is 6.07 Å². The van der Waals surface area contributed by atoms with Crippen LogP contribution in [0.25, 0.3) is 22.3 Å². The molecule has 154 valence electrons. The Morgan fingerprint density at radius 1 is 0.833 bits per heavy atom. The largest absolute Gasteiger partial charge is 0.380 e. The molecule has 0 bridgehead atoms. The Labute approximate surface area is 179 Å². The van der Waals surface area contributed by atoms with Crippen molar-refractivity contribution >= 4 is 0 Å². The lowest BCUT2D eigenvalue weighted by Gasteiger charge is -2.27. The van der Waals surface area contributed by atoms with Gasteiger partial charge in [-0.2, -0.15) is 0 Å². The first-order valence-electron chi connectivity index (χ1n) is 10.8. The van der Waals surface area contributed by atoms with E-state index in [-0.39, 0.29) is 12.4 Å². The molecule has 0 spiro atoms. The summed E-state index contributed by atoms with van der Waals surface area (Å²) in [6.07, 6.45) is 7.13. The van der Waals surface area contributed by atoms with Crippen molar-refractivity contribution < 1.29 is 9.13 Å². The molecular formula is C28H29FO. The van der Waals surface area contributed by atoms with Gasteiger partial charge in [0.15, 0.2) is 0 Å². The van der Waals surface area contributed by atoms with E-state index in [0.29, 0.717) is 17.4 Å². The summed E-state index contributed by atoms with van der Waals surface area (Å²) < 4.78 is 19.2. The van der Waals surface area contributed by atoms with Crippen molar-refractivity contribution in [2.75, 3.05) is 7.11 Å². The zero-order chi connectivity index (χ0) is 20.9. The zero-order valence-electron chi connectivity index (χ0n) is 17.6. The zero-order valence-corrected chi connectivity index (χ0v) is 17.6. The van der Waals surface area contributed by atoms with Crippen LogP contribution in [0.5, 0.6) is 0 Å². The molecule has 1 saturated carbocycles. The fourth-order valence-electron chi connectivity index (χ4n) is 4.49. The van der Waals surface area contributed by atoms with Crippen LogP contribution in [0.2, 0.25) is 0 Å². The second-order valence-electron chi connectivity index (χ2n) is 8.29. The van der Waals surface area contributed by atoms with Crippen molar-refractivity contribution in [2.24, 2.45) is 5.92 Å². The van der Waals surface area contributed by atoms with Gasteiger partial charge in [-0.05, 0) is 71.4 Å². The van der Waals surface area contributed by atoms with Gasteiger partial charge in [0, 0.05) is 12.7 Å². The van der Waals surface area contributed by atoms with Crippen molar-refractivity contribution in [1.82, 2.24) is 0 Å². The van der Waals surface area contributed by atoms with E-state index >= 15 is 0 Å². The highest BCUT2D eigenvalue weighted by Gasteiger charge is 2.20. The van der Waals surface area contributed by atoms with Crippen LogP contribution in [0.4, 0.5) is 4.39 Å². The summed E-state index contributed by atoms with van der Waals surface area (Å²) in [6.45, 7) is 4.23. The van der Waals surface area contributed by atoms with Crippen LogP contribution in [0.3, 0.4) is 0 Å². The number of rotatable bonds is 6. The standard InChI is InChI=1S/C28H29FO/c1-3-20-4-6-21(7-5-20)22-8-10-23(11-9-22)24-12-14-25(15-13-24)26-16-17-27(19-30-2)28(29)18-26/h3,8-18,20-21H,1,4-7,19H2,2H3. The predicted molar refractivity (Wildman–Crippen MR) is 123 cm³/mol. The summed E-state index contributed by atoms with van der Waals surface area (Å²) in [7, 11) is 1.58. The van der Waals surface area contributed by atoms with Crippen LogP contribution < -0.4 is 0 Å². The fourth-order valence-corrected chi connectivity index (χ4v) is 4.49. The number of benzene rings is 3. The van der Waals surface area contributed by atoms with Gasteiger partial charge in [-0.3, -0.25) is 0 Å². The minimum atomic E-state index is -0.226. The second-order valence-corrected chi connectivity index (χ2v) is 8.29. The third-order valence-corrected chi connectivity index (χ3v) is 6.39. The molecule has 0 aliphatic heterocycles. The molecule has 1 nitrogen and oxygen atoms in total. The summed E-state index contributed by atoms with van der Waals surface area (Å²) in [5, 5.41) is 0. The van der Waals surface area contributed by atoms with Crippen LogP contribution >= 0.6 is 0 Å². The van der Waals surface area contributed by atoms with Gasteiger partial charge >= 0.3 is 0 Å². The maximum Gasteiger partial charge on any atom is 0.129 e. The van der Waals surface area contributed by atoms with Gasteiger partial charge in [0.1, 0.15) is 5.82 Å². The number of methoxy groups -OCH3 is 1. The number of ether oxygens (including phenoxy) is 1. The first kappa shape index (κ1) is 20.6. The molecule has 30 heavy (non-hydrogen) atoms. The quantitative estimate of drug-likeness (QED) is 0.384. The van der Waals surface area contributed by atoms with Crippen molar-refractivity contribution in [3.63, 3.8) is 0 Å². The Bertz CT molecular complexity index is 980. The molecule has 0 aromatic heterocycles. The highest BCUT2D eigenvalue weighted by atomic mass is 19.1. The van der Waals surface area contributed by atoms with E-state index in [2.05, 4.69) is 61.2 Å². The van der Waals surface area contributed by atoms with Gasteiger partial charge < -0.3 is 4.74 Å². The predicted octanol–water partition coefficient (Wildman–Crippen LogP) is 7.77. The Morgan fingerprint density at radius 3 is 1.90 bits per heavy atom. The Balaban J connectivity index is 1.46. The van der Waals surface area contributed by atoms with Crippen LogP contribution in [-0.4, -0.2) is 7.11 Å². The van der Waals surface area contributed by atoms with Gasteiger partial charge in [-0.1, -0.05) is 66.7 Å². The van der Waals surface area contributed by atoms with E-state index in [1.54, 1.807) is 19.2 Å². The molecule has 0 atom stereocenters. The van der Waals surface area contributed by atoms with E-state index in [0.717, 1.165) is 11.1 Å². The molecule has 0 heterocycles. The lowest BCUT2D eigenvalue weighted by atomic mass is 9.78. The minimum absolute atomic E-state index is 0.226. The lowest BCUT2D eigenvalue weighted by Crippen LogP contribution is -2.11. The van der Waals surface area contributed by atoms with Crippen molar-refractivity contribution in [2.45, 2.75) is 38.2 Å². The second kappa shape index (κ2) is 9.40. The molecule has 0 amide bonds.